The van der Waals surface area contributed by atoms with Crippen molar-refractivity contribution in [3.05, 3.63) is 89.2 Å². The molecule has 8 nitrogen and oxygen atoms in total. The molecular weight excluding hydrogens is 450 g/mol. The molecule has 4 rings (SSSR count). The van der Waals surface area contributed by atoms with E-state index in [-0.39, 0.29) is 5.75 Å². The molecule has 32 heavy (non-hydrogen) atoms. The highest BCUT2D eigenvalue weighted by molar-refractivity contribution is 7.91. The fraction of sp³-hybridized carbons (Fsp3) is 0.136. The summed E-state index contributed by atoms with van der Waals surface area (Å²) in [6, 6.07) is 15.0. The quantitative estimate of drug-likeness (QED) is 0.422. The fourth-order valence-corrected chi connectivity index (χ4v) is 4.42. The van der Waals surface area contributed by atoms with Gasteiger partial charge < -0.3 is 4.74 Å². The van der Waals surface area contributed by atoms with Crippen LogP contribution in [0.25, 0.3) is 5.82 Å². The summed E-state index contributed by atoms with van der Waals surface area (Å²) in [6.07, 6.45) is 3.11. The summed E-state index contributed by atoms with van der Waals surface area (Å²) in [5.41, 5.74) is 2.92. The minimum atomic E-state index is -3.59. The van der Waals surface area contributed by atoms with E-state index in [9.17, 15) is 8.42 Å². The smallest absolute Gasteiger partial charge is 0.236 e. The Hall–Kier alpha value is -3.43. The van der Waals surface area contributed by atoms with E-state index in [0.717, 1.165) is 11.4 Å². The minimum Gasteiger partial charge on any atom is -0.439 e. The molecule has 0 fully saturated rings. The summed E-state index contributed by atoms with van der Waals surface area (Å²) in [6.45, 7) is 3.88. The van der Waals surface area contributed by atoms with Gasteiger partial charge in [-0.25, -0.2) is 23.4 Å². The van der Waals surface area contributed by atoms with E-state index in [0.29, 0.717) is 33.7 Å². The molecule has 0 aliphatic rings. The van der Waals surface area contributed by atoms with Crippen LogP contribution >= 0.6 is 11.6 Å². The third kappa shape index (κ3) is 5.24. The number of nitrogens with zero attached hydrogens (tertiary/aromatic N) is 4. The van der Waals surface area contributed by atoms with Crippen LogP contribution in [0.5, 0.6) is 11.6 Å². The third-order valence-corrected chi connectivity index (χ3v) is 6.22. The zero-order valence-electron chi connectivity index (χ0n) is 17.4. The van der Waals surface area contributed by atoms with Crippen molar-refractivity contribution in [2.45, 2.75) is 19.6 Å². The van der Waals surface area contributed by atoms with E-state index in [1.54, 1.807) is 60.9 Å². The van der Waals surface area contributed by atoms with Crippen LogP contribution < -0.4 is 9.46 Å². The van der Waals surface area contributed by atoms with Crippen molar-refractivity contribution < 1.29 is 13.2 Å². The average molecular weight is 470 g/mol. The van der Waals surface area contributed by atoms with Crippen molar-refractivity contribution in [2.24, 2.45) is 0 Å². The maximum atomic E-state index is 12.4. The predicted octanol–water partition coefficient (Wildman–Crippen LogP) is 4.67. The Morgan fingerprint density at radius 1 is 1.03 bits per heavy atom. The average Bonchev–Trinajstić information content (AvgIpc) is 3.08. The molecule has 0 amide bonds. The third-order valence-electron chi connectivity index (χ3n) is 4.72. The summed E-state index contributed by atoms with van der Waals surface area (Å²) in [4.78, 5) is 12.7. The van der Waals surface area contributed by atoms with Gasteiger partial charge in [0.05, 0.1) is 11.4 Å². The molecule has 0 aliphatic carbocycles. The number of aryl methyl sites for hydroxylation is 1. The minimum absolute atomic E-state index is 0.178. The van der Waals surface area contributed by atoms with E-state index in [2.05, 4.69) is 19.7 Å². The van der Waals surface area contributed by atoms with E-state index in [4.69, 9.17) is 16.3 Å². The molecule has 0 bridgehead atoms. The Morgan fingerprint density at radius 2 is 1.81 bits per heavy atom. The monoisotopic (exact) mass is 469 g/mol. The number of hydrogen-bond acceptors (Lipinski definition) is 6. The van der Waals surface area contributed by atoms with Crippen molar-refractivity contribution in [3.8, 4) is 17.4 Å². The summed E-state index contributed by atoms with van der Waals surface area (Å²) in [7, 11) is -3.59. The topological polar surface area (TPSA) is 99.0 Å². The van der Waals surface area contributed by atoms with Gasteiger partial charge in [0.15, 0.2) is 0 Å². The normalized spacial score (nSPS) is 11.3. The lowest BCUT2D eigenvalue weighted by Crippen LogP contribution is -2.15. The number of imidazole rings is 1. The Kier molecular flexibility index (Phi) is 6.11. The highest BCUT2D eigenvalue weighted by Gasteiger charge is 2.13. The van der Waals surface area contributed by atoms with Crippen LogP contribution in [0.1, 0.15) is 17.0 Å². The number of ether oxygens (including phenoxy) is 1. The molecule has 4 aromatic rings. The van der Waals surface area contributed by atoms with Crippen molar-refractivity contribution in [3.63, 3.8) is 0 Å². The van der Waals surface area contributed by atoms with Crippen LogP contribution in [-0.2, 0) is 15.8 Å². The van der Waals surface area contributed by atoms with Crippen LogP contribution in [0.3, 0.4) is 0 Å². The lowest BCUT2D eigenvalue weighted by molar-refractivity contribution is 0.461. The van der Waals surface area contributed by atoms with Gasteiger partial charge in [0, 0.05) is 22.5 Å². The fourth-order valence-electron chi connectivity index (χ4n) is 3.02. The molecule has 0 saturated carbocycles. The van der Waals surface area contributed by atoms with Gasteiger partial charge in [0.2, 0.25) is 15.9 Å². The molecule has 2 aromatic heterocycles. The second kappa shape index (κ2) is 8.97. The zero-order valence-corrected chi connectivity index (χ0v) is 18.9. The van der Waals surface area contributed by atoms with Crippen molar-refractivity contribution in [2.75, 3.05) is 4.72 Å². The highest BCUT2D eigenvalue weighted by atomic mass is 35.5. The lowest BCUT2D eigenvalue weighted by Gasteiger charge is -2.10. The number of aromatic nitrogens is 4. The number of nitrogens with one attached hydrogen (secondary N) is 1. The summed E-state index contributed by atoms with van der Waals surface area (Å²) in [5, 5.41) is 0.491. The zero-order chi connectivity index (χ0) is 22.7. The molecular formula is C22H20ClN5O3S. The Morgan fingerprint density at radius 3 is 2.50 bits per heavy atom. The Labute approximate surface area is 191 Å². The van der Waals surface area contributed by atoms with Gasteiger partial charge in [-0.05, 0) is 55.8 Å². The number of halogens is 1. The first-order valence-electron chi connectivity index (χ1n) is 9.65. The predicted molar refractivity (Wildman–Crippen MR) is 123 cm³/mol. The molecule has 2 heterocycles. The standard InChI is InChI=1S/C22H20ClN5O3S/c1-15-16(2)28(14-26-15)21-11-22(25-13-24-21)31-20-8-6-19(7-9-20)27-32(29,30)12-17-4-3-5-18(23)10-17/h3-11,13-14,27H,12H2,1-2H3. The first kappa shape index (κ1) is 21.8. The Balaban J connectivity index is 1.44. The Bertz CT molecular complexity index is 1350. The SMILES string of the molecule is Cc1ncn(-c2cc(Oc3ccc(NS(=O)(=O)Cc4cccc(Cl)c4)cc3)ncn2)c1C. The number of benzene rings is 2. The number of sulfonamides is 1. The summed E-state index contributed by atoms with van der Waals surface area (Å²) < 4.78 is 35.1. The molecule has 0 unspecified atom stereocenters. The molecule has 0 saturated heterocycles. The molecule has 0 radical (unpaired) electrons. The molecule has 1 N–H and O–H groups in total. The van der Waals surface area contributed by atoms with Crippen LogP contribution in [0.2, 0.25) is 5.02 Å². The maximum absolute atomic E-state index is 12.4. The maximum Gasteiger partial charge on any atom is 0.236 e. The largest absolute Gasteiger partial charge is 0.439 e. The van der Waals surface area contributed by atoms with Gasteiger partial charge in [-0.1, -0.05) is 23.7 Å². The van der Waals surface area contributed by atoms with Crippen LogP contribution in [0, 0.1) is 13.8 Å². The van der Waals surface area contributed by atoms with Crippen LogP contribution in [0.15, 0.2) is 67.3 Å². The van der Waals surface area contributed by atoms with Crippen LogP contribution in [0.4, 0.5) is 5.69 Å². The van der Waals surface area contributed by atoms with Gasteiger partial charge in [-0.15, -0.1) is 0 Å². The molecule has 2 aromatic carbocycles. The number of hydrogen-bond donors (Lipinski definition) is 1. The summed E-state index contributed by atoms with van der Waals surface area (Å²) in [5.74, 6) is 1.32. The van der Waals surface area contributed by atoms with Gasteiger partial charge in [0.1, 0.15) is 24.2 Å². The second-order valence-electron chi connectivity index (χ2n) is 7.12. The number of anilines is 1. The van der Waals surface area contributed by atoms with Crippen LogP contribution in [-0.4, -0.2) is 27.9 Å². The van der Waals surface area contributed by atoms with Gasteiger partial charge in [-0.3, -0.25) is 9.29 Å². The second-order valence-corrected chi connectivity index (χ2v) is 9.28. The number of rotatable bonds is 7. The first-order valence-corrected chi connectivity index (χ1v) is 11.7. The molecule has 164 valence electrons. The molecule has 0 aliphatic heterocycles. The van der Waals surface area contributed by atoms with Gasteiger partial charge in [0.25, 0.3) is 0 Å². The highest BCUT2D eigenvalue weighted by Crippen LogP contribution is 2.24. The van der Waals surface area contributed by atoms with E-state index in [1.165, 1.54) is 6.33 Å². The van der Waals surface area contributed by atoms with E-state index < -0.39 is 10.0 Å². The summed E-state index contributed by atoms with van der Waals surface area (Å²) >= 11 is 5.93. The first-order chi connectivity index (χ1) is 15.3. The molecule has 10 heteroatoms. The van der Waals surface area contributed by atoms with Crippen molar-refractivity contribution in [1.29, 1.82) is 0 Å². The molecule has 0 spiro atoms. The van der Waals surface area contributed by atoms with Gasteiger partial charge in [-0.2, -0.15) is 0 Å². The molecule has 0 atom stereocenters. The van der Waals surface area contributed by atoms with E-state index in [1.807, 2.05) is 18.4 Å². The van der Waals surface area contributed by atoms with Crippen molar-refractivity contribution in [1.82, 2.24) is 19.5 Å². The van der Waals surface area contributed by atoms with Crippen molar-refractivity contribution >= 4 is 27.3 Å². The lowest BCUT2D eigenvalue weighted by atomic mass is 10.2. The van der Waals surface area contributed by atoms with E-state index >= 15 is 0 Å². The van der Waals surface area contributed by atoms with Gasteiger partial charge >= 0.3 is 0 Å².